The summed E-state index contributed by atoms with van der Waals surface area (Å²) in [6.07, 6.45) is 6.95. The average molecular weight is 332 g/mol. The average Bonchev–Trinajstić information content (AvgIpc) is 3.17. The largest absolute Gasteiger partial charge is 0.354 e. The highest BCUT2D eigenvalue weighted by Gasteiger charge is 2.21. The van der Waals surface area contributed by atoms with Gasteiger partial charge in [0, 0.05) is 37.8 Å². The topological polar surface area (TPSA) is 75.3 Å². The second-order valence-corrected chi connectivity index (χ2v) is 6.01. The summed E-state index contributed by atoms with van der Waals surface area (Å²) in [5, 5.41) is 9.18. The minimum Gasteiger partial charge on any atom is -0.354 e. The number of pyridine rings is 2. The number of hydrogen-bond acceptors (Lipinski definition) is 7. The third-order valence-electron chi connectivity index (χ3n) is 4.63. The summed E-state index contributed by atoms with van der Waals surface area (Å²) in [5.41, 5.74) is 1.75. The number of rotatable bonds is 2. The van der Waals surface area contributed by atoms with E-state index in [1.807, 2.05) is 22.6 Å². The third-order valence-corrected chi connectivity index (χ3v) is 4.63. The highest BCUT2D eigenvalue weighted by Crippen LogP contribution is 2.24. The van der Waals surface area contributed by atoms with Crippen molar-refractivity contribution in [2.45, 2.75) is 0 Å². The summed E-state index contributed by atoms with van der Waals surface area (Å²) in [6, 6.07) is 8.08. The minimum absolute atomic E-state index is 0.870. The Balaban J connectivity index is 1.42. The van der Waals surface area contributed by atoms with Crippen molar-refractivity contribution < 1.29 is 0 Å². The molecule has 0 N–H and O–H groups in total. The number of piperazine rings is 1. The van der Waals surface area contributed by atoms with Crippen LogP contribution in [-0.2, 0) is 0 Å². The Morgan fingerprint density at radius 2 is 1.80 bits per heavy atom. The van der Waals surface area contributed by atoms with Crippen molar-refractivity contribution in [3.8, 4) is 0 Å². The van der Waals surface area contributed by atoms with Crippen LogP contribution in [0, 0.1) is 0 Å². The fourth-order valence-electron chi connectivity index (χ4n) is 3.39. The maximum Gasteiger partial charge on any atom is 0.162 e. The second-order valence-electron chi connectivity index (χ2n) is 6.01. The molecule has 4 aromatic heterocycles. The monoisotopic (exact) mass is 332 g/mol. The molecule has 0 atom stereocenters. The maximum atomic E-state index is 4.51. The zero-order valence-electron chi connectivity index (χ0n) is 13.5. The zero-order chi connectivity index (χ0) is 16.6. The van der Waals surface area contributed by atoms with Crippen LogP contribution >= 0.6 is 0 Å². The molecule has 1 aliphatic rings. The molecule has 0 amide bonds. The molecule has 8 heteroatoms. The van der Waals surface area contributed by atoms with E-state index >= 15 is 0 Å². The summed E-state index contributed by atoms with van der Waals surface area (Å²) in [6.45, 7) is 3.61. The maximum absolute atomic E-state index is 4.51. The van der Waals surface area contributed by atoms with Gasteiger partial charge >= 0.3 is 0 Å². The van der Waals surface area contributed by atoms with Crippen molar-refractivity contribution in [1.82, 2.24) is 29.5 Å². The Morgan fingerprint density at radius 1 is 0.920 bits per heavy atom. The van der Waals surface area contributed by atoms with Gasteiger partial charge in [-0.05, 0) is 18.2 Å². The smallest absolute Gasteiger partial charge is 0.162 e. The lowest BCUT2D eigenvalue weighted by Crippen LogP contribution is -2.47. The first-order valence-corrected chi connectivity index (χ1v) is 8.23. The van der Waals surface area contributed by atoms with Crippen LogP contribution in [0.25, 0.3) is 16.6 Å². The van der Waals surface area contributed by atoms with Crippen molar-refractivity contribution in [3.05, 3.63) is 49.3 Å². The number of aromatic nitrogens is 6. The van der Waals surface area contributed by atoms with E-state index in [-0.39, 0.29) is 0 Å². The lowest BCUT2D eigenvalue weighted by molar-refractivity contribution is 0.640. The Bertz CT molecular complexity index is 1030. The van der Waals surface area contributed by atoms with Gasteiger partial charge in [0.2, 0.25) is 0 Å². The van der Waals surface area contributed by atoms with Gasteiger partial charge in [0.1, 0.15) is 24.3 Å². The quantitative estimate of drug-likeness (QED) is 0.549. The van der Waals surface area contributed by atoms with Crippen LogP contribution in [0.15, 0.2) is 49.3 Å². The van der Waals surface area contributed by atoms with Crippen molar-refractivity contribution in [2.24, 2.45) is 0 Å². The number of nitrogens with zero attached hydrogens (tertiary/aromatic N) is 8. The van der Waals surface area contributed by atoms with Gasteiger partial charge < -0.3 is 9.80 Å². The molecule has 1 saturated heterocycles. The first-order valence-electron chi connectivity index (χ1n) is 8.23. The predicted molar refractivity (Wildman–Crippen MR) is 94.7 cm³/mol. The van der Waals surface area contributed by atoms with Crippen LogP contribution < -0.4 is 9.80 Å². The molecule has 0 saturated carbocycles. The molecule has 5 heterocycles. The van der Waals surface area contributed by atoms with Crippen molar-refractivity contribution >= 4 is 28.2 Å². The number of fused-ring (bicyclic) bond motifs is 2. The van der Waals surface area contributed by atoms with E-state index in [2.05, 4.69) is 41.0 Å². The molecule has 1 aliphatic heterocycles. The first-order chi connectivity index (χ1) is 12.4. The molecule has 5 rings (SSSR count). The number of hydrogen-bond donors (Lipinski definition) is 0. The SMILES string of the molecule is c1cc(N2CCN(c3ncnc4cnccc34)CC2)n2cnnc2c1. The van der Waals surface area contributed by atoms with Gasteiger partial charge in [-0.3, -0.25) is 9.38 Å². The molecule has 1 fully saturated rings. The van der Waals surface area contributed by atoms with Crippen LogP contribution in [0.2, 0.25) is 0 Å². The van der Waals surface area contributed by atoms with E-state index in [1.54, 1.807) is 25.0 Å². The third kappa shape index (κ3) is 2.34. The highest BCUT2D eigenvalue weighted by atomic mass is 15.3. The molecule has 0 aliphatic carbocycles. The van der Waals surface area contributed by atoms with E-state index in [4.69, 9.17) is 0 Å². The van der Waals surface area contributed by atoms with Crippen molar-refractivity contribution in [3.63, 3.8) is 0 Å². The van der Waals surface area contributed by atoms with Crippen LogP contribution in [0.5, 0.6) is 0 Å². The molecular formula is C17H16N8. The molecule has 0 bridgehead atoms. The minimum atomic E-state index is 0.870. The van der Waals surface area contributed by atoms with Gasteiger partial charge in [-0.25, -0.2) is 9.97 Å². The normalized spacial score (nSPS) is 15.2. The zero-order valence-corrected chi connectivity index (χ0v) is 13.5. The van der Waals surface area contributed by atoms with E-state index in [0.717, 1.165) is 54.4 Å². The van der Waals surface area contributed by atoms with E-state index in [0.29, 0.717) is 0 Å². The molecule has 0 spiro atoms. The van der Waals surface area contributed by atoms with Gasteiger partial charge in [-0.2, -0.15) is 0 Å². The predicted octanol–water partition coefficient (Wildman–Crippen LogP) is 1.39. The molecular weight excluding hydrogens is 316 g/mol. The van der Waals surface area contributed by atoms with Crippen LogP contribution in [0.1, 0.15) is 0 Å². The molecule has 124 valence electrons. The van der Waals surface area contributed by atoms with Gasteiger partial charge in [-0.1, -0.05) is 6.07 Å². The van der Waals surface area contributed by atoms with Crippen LogP contribution in [-0.4, -0.2) is 55.7 Å². The van der Waals surface area contributed by atoms with E-state index in [9.17, 15) is 0 Å². The Kier molecular flexibility index (Phi) is 3.19. The fourth-order valence-corrected chi connectivity index (χ4v) is 3.39. The summed E-state index contributed by atoms with van der Waals surface area (Å²) in [7, 11) is 0. The molecule has 0 unspecified atom stereocenters. The number of anilines is 2. The summed E-state index contributed by atoms with van der Waals surface area (Å²) in [4.78, 5) is 17.6. The molecule has 8 nitrogen and oxygen atoms in total. The Labute approximate surface area is 143 Å². The van der Waals surface area contributed by atoms with Gasteiger partial charge in [0.05, 0.1) is 11.7 Å². The summed E-state index contributed by atoms with van der Waals surface area (Å²) < 4.78 is 2.03. The second kappa shape index (κ2) is 5.66. The summed E-state index contributed by atoms with van der Waals surface area (Å²) >= 11 is 0. The summed E-state index contributed by atoms with van der Waals surface area (Å²) in [5.74, 6) is 2.11. The molecule has 4 aromatic rings. The molecule has 25 heavy (non-hydrogen) atoms. The Hall–Kier alpha value is -3.29. The van der Waals surface area contributed by atoms with Gasteiger partial charge in [0.25, 0.3) is 0 Å². The van der Waals surface area contributed by atoms with Crippen LogP contribution in [0.3, 0.4) is 0 Å². The van der Waals surface area contributed by atoms with Crippen molar-refractivity contribution in [2.75, 3.05) is 36.0 Å². The van der Waals surface area contributed by atoms with Crippen LogP contribution in [0.4, 0.5) is 11.6 Å². The molecule has 0 aromatic carbocycles. The lowest BCUT2D eigenvalue weighted by atomic mass is 10.2. The van der Waals surface area contributed by atoms with Gasteiger partial charge in [-0.15, -0.1) is 10.2 Å². The standard InChI is InChI=1S/C17H16N8/c1-2-15-22-21-12-25(15)16(3-1)23-6-8-24(9-7-23)17-13-4-5-18-10-14(13)19-11-20-17/h1-5,10-12H,6-9H2. The fraction of sp³-hybridized carbons (Fsp3) is 0.235. The van der Waals surface area contributed by atoms with E-state index < -0.39 is 0 Å². The van der Waals surface area contributed by atoms with E-state index in [1.165, 1.54) is 0 Å². The Morgan fingerprint density at radius 3 is 2.72 bits per heavy atom. The van der Waals surface area contributed by atoms with Gasteiger partial charge in [0.15, 0.2) is 5.65 Å². The first kappa shape index (κ1) is 14.1. The molecule has 0 radical (unpaired) electrons. The highest BCUT2D eigenvalue weighted by molar-refractivity contribution is 5.88. The van der Waals surface area contributed by atoms with Crippen molar-refractivity contribution in [1.29, 1.82) is 0 Å². The lowest BCUT2D eigenvalue weighted by Gasteiger charge is -2.37.